The molecular formula is C26H22N2O4. The van der Waals surface area contributed by atoms with Crippen molar-refractivity contribution < 1.29 is 19.1 Å². The number of benzene rings is 2. The van der Waals surface area contributed by atoms with Crippen LogP contribution in [0.3, 0.4) is 0 Å². The number of aromatic nitrogens is 2. The van der Waals surface area contributed by atoms with Crippen LogP contribution in [0.5, 0.6) is 0 Å². The molecule has 2 heterocycles. The van der Waals surface area contributed by atoms with E-state index in [1.165, 1.54) is 0 Å². The lowest BCUT2D eigenvalue weighted by atomic mass is 10.1. The van der Waals surface area contributed by atoms with E-state index < -0.39 is 5.97 Å². The third-order valence-electron chi connectivity index (χ3n) is 5.15. The molecule has 0 aliphatic carbocycles. The van der Waals surface area contributed by atoms with Gasteiger partial charge < -0.3 is 14.1 Å². The number of aryl methyl sites for hydroxylation is 1. The van der Waals surface area contributed by atoms with Gasteiger partial charge in [-0.15, -0.1) is 0 Å². The Labute approximate surface area is 185 Å². The number of ketones is 1. The Morgan fingerprint density at radius 3 is 2.69 bits per heavy atom. The van der Waals surface area contributed by atoms with Crippen LogP contribution in [-0.2, 0) is 13.0 Å². The molecule has 0 aliphatic heterocycles. The molecule has 32 heavy (non-hydrogen) atoms. The van der Waals surface area contributed by atoms with Crippen molar-refractivity contribution >= 4 is 17.8 Å². The minimum atomic E-state index is -1.10. The van der Waals surface area contributed by atoms with E-state index in [1.54, 1.807) is 0 Å². The normalized spacial score (nSPS) is 11.2. The van der Waals surface area contributed by atoms with E-state index in [1.807, 2.05) is 90.5 Å². The van der Waals surface area contributed by atoms with Gasteiger partial charge >= 0.3 is 5.97 Å². The first-order chi connectivity index (χ1) is 15.5. The van der Waals surface area contributed by atoms with Gasteiger partial charge in [-0.3, -0.25) is 4.79 Å². The van der Waals surface area contributed by atoms with Crippen LogP contribution in [0.15, 0.2) is 83.7 Å². The number of hydrogen-bond acceptors (Lipinski definition) is 4. The molecule has 1 N–H and O–H groups in total. The zero-order valence-electron chi connectivity index (χ0n) is 17.6. The number of carboxylic acids is 1. The van der Waals surface area contributed by atoms with Crippen LogP contribution in [0.1, 0.15) is 49.0 Å². The maximum absolute atomic E-state index is 12.8. The van der Waals surface area contributed by atoms with Gasteiger partial charge in [-0.05, 0) is 30.2 Å². The summed E-state index contributed by atoms with van der Waals surface area (Å²) in [6.07, 6.45) is 7.34. The van der Waals surface area contributed by atoms with Crippen molar-refractivity contribution in [1.82, 2.24) is 9.55 Å². The molecule has 6 nitrogen and oxygen atoms in total. The molecule has 0 saturated heterocycles. The van der Waals surface area contributed by atoms with Crippen LogP contribution in [0.4, 0.5) is 0 Å². The van der Waals surface area contributed by atoms with Crippen molar-refractivity contribution in [2.75, 3.05) is 0 Å². The molecule has 0 atom stereocenters. The molecule has 2 aromatic heterocycles. The predicted octanol–water partition coefficient (Wildman–Crippen LogP) is 5.02. The Kier molecular flexibility index (Phi) is 6.12. The monoisotopic (exact) mass is 426 g/mol. The molecule has 0 spiro atoms. The van der Waals surface area contributed by atoms with Gasteiger partial charge in [0.1, 0.15) is 5.76 Å². The highest BCUT2D eigenvalue weighted by Gasteiger charge is 2.16. The summed E-state index contributed by atoms with van der Waals surface area (Å²) >= 11 is 0. The average Bonchev–Trinajstić information content (AvgIpc) is 3.44. The largest absolute Gasteiger partial charge is 0.476 e. The second-order valence-corrected chi connectivity index (χ2v) is 7.49. The van der Waals surface area contributed by atoms with Crippen molar-refractivity contribution in [3.8, 4) is 0 Å². The van der Waals surface area contributed by atoms with Crippen molar-refractivity contribution in [2.24, 2.45) is 0 Å². The highest BCUT2D eigenvalue weighted by Crippen LogP contribution is 2.16. The van der Waals surface area contributed by atoms with Gasteiger partial charge in [0.15, 0.2) is 12.1 Å². The van der Waals surface area contributed by atoms with E-state index in [-0.39, 0.29) is 11.5 Å². The van der Waals surface area contributed by atoms with E-state index in [2.05, 4.69) is 4.98 Å². The fourth-order valence-corrected chi connectivity index (χ4v) is 3.50. The molecule has 2 aromatic carbocycles. The quantitative estimate of drug-likeness (QED) is 0.400. The van der Waals surface area contributed by atoms with Crippen molar-refractivity contribution in [2.45, 2.75) is 19.9 Å². The zero-order valence-corrected chi connectivity index (χ0v) is 17.6. The molecule has 0 fully saturated rings. The van der Waals surface area contributed by atoms with Crippen LogP contribution in [-0.4, -0.2) is 26.4 Å². The van der Waals surface area contributed by atoms with Gasteiger partial charge in [0.05, 0.1) is 5.69 Å². The number of carbonyl (C=O) groups excluding carboxylic acids is 1. The first-order valence-corrected chi connectivity index (χ1v) is 10.2. The third kappa shape index (κ3) is 4.75. The van der Waals surface area contributed by atoms with E-state index in [9.17, 15) is 14.7 Å². The topological polar surface area (TPSA) is 85.3 Å². The molecule has 160 valence electrons. The number of hydrogen-bond donors (Lipinski definition) is 1. The Bertz CT molecular complexity index is 1280. The summed E-state index contributed by atoms with van der Waals surface area (Å²) in [5.74, 6) is -0.788. The maximum Gasteiger partial charge on any atom is 0.358 e. The highest BCUT2D eigenvalue weighted by atomic mass is 16.4. The number of aromatic carboxylic acids is 1. The Morgan fingerprint density at radius 2 is 1.91 bits per heavy atom. The fourth-order valence-electron chi connectivity index (χ4n) is 3.50. The van der Waals surface area contributed by atoms with Gasteiger partial charge in [-0.25, -0.2) is 9.78 Å². The lowest BCUT2D eigenvalue weighted by Gasteiger charge is -2.07. The standard InChI is InChI=1S/C26H22N2O4/c1-18-9-11-21(12-10-18)25(29)22-8-4-14-28(22)13-3-7-19-5-2-6-20(15-19)16-23-24(26(30)31)27-17-32-23/h2-12,14-15,17H,13,16H2,1H3,(H,30,31)/b7-3+. The van der Waals surface area contributed by atoms with Crippen LogP contribution < -0.4 is 0 Å². The van der Waals surface area contributed by atoms with Crippen molar-refractivity contribution in [3.63, 3.8) is 0 Å². The average molecular weight is 426 g/mol. The molecule has 0 bridgehead atoms. The van der Waals surface area contributed by atoms with E-state index >= 15 is 0 Å². The molecule has 0 saturated carbocycles. The Hall–Kier alpha value is -4.19. The molecule has 0 amide bonds. The van der Waals surface area contributed by atoms with E-state index in [0.717, 1.165) is 23.1 Å². The van der Waals surface area contributed by atoms with Crippen molar-refractivity contribution in [1.29, 1.82) is 0 Å². The predicted molar refractivity (Wildman–Crippen MR) is 121 cm³/mol. The number of nitrogens with zero attached hydrogens (tertiary/aromatic N) is 2. The van der Waals surface area contributed by atoms with Gasteiger partial charge in [0.25, 0.3) is 0 Å². The highest BCUT2D eigenvalue weighted by molar-refractivity contribution is 6.08. The molecule has 4 aromatic rings. The summed E-state index contributed by atoms with van der Waals surface area (Å²) < 4.78 is 7.15. The molecular weight excluding hydrogens is 404 g/mol. The van der Waals surface area contributed by atoms with Crippen LogP contribution in [0.2, 0.25) is 0 Å². The second-order valence-electron chi connectivity index (χ2n) is 7.49. The Balaban J connectivity index is 1.45. The summed E-state index contributed by atoms with van der Waals surface area (Å²) in [4.78, 5) is 27.8. The van der Waals surface area contributed by atoms with Crippen LogP contribution in [0.25, 0.3) is 6.08 Å². The van der Waals surface area contributed by atoms with Gasteiger partial charge in [0, 0.05) is 24.7 Å². The lowest BCUT2D eigenvalue weighted by Crippen LogP contribution is -2.09. The number of allylic oxidation sites excluding steroid dienone is 1. The minimum absolute atomic E-state index is 0.00770. The van der Waals surface area contributed by atoms with Crippen molar-refractivity contribution in [3.05, 3.63) is 119 Å². The zero-order chi connectivity index (χ0) is 22.5. The summed E-state index contributed by atoms with van der Waals surface area (Å²) in [6, 6.07) is 19.0. The van der Waals surface area contributed by atoms with E-state index in [4.69, 9.17) is 4.42 Å². The van der Waals surface area contributed by atoms with Gasteiger partial charge in [-0.2, -0.15) is 0 Å². The maximum atomic E-state index is 12.8. The van der Waals surface area contributed by atoms with Gasteiger partial charge in [0.2, 0.25) is 5.78 Å². The van der Waals surface area contributed by atoms with Crippen LogP contribution in [0, 0.1) is 6.92 Å². The number of rotatable bonds is 8. The first-order valence-electron chi connectivity index (χ1n) is 10.2. The number of carbonyl (C=O) groups is 2. The Morgan fingerprint density at radius 1 is 1.09 bits per heavy atom. The molecule has 0 radical (unpaired) electrons. The number of oxazole rings is 1. The molecule has 6 heteroatoms. The number of carboxylic acid groups (broad SMARTS) is 1. The third-order valence-corrected chi connectivity index (χ3v) is 5.15. The molecule has 4 rings (SSSR count). The summed E-state index contributed by atoms with van der Waals surface area (Å²) in [6.45, 7) is 2.54. The first kappa shape index (κ1) is 21.1. The fraction of sp³-hybridized carbons (Fsp3) is 0.115. The molecule has 0 unspecified atom stereocenters. The summed E-state index contributed by atoms with van der Waals surface area (Å²) in [7, 11) is 0. The lowest BCUT2D eigenvalue weighted by molar-refractivity contribution is 0.0688. The minimum Gasteiger partial charge on any atom is -0.476 e. The van der Waals surface area contributed by atoms with Gasteiger partial charge in [-0.1, -0.05) is 66.2 Å². The smallest absolute Gasteiger partial charge is 0.358 e. The second kappa shape index (κ2) is 9.31. The van der Waals surface area contributed by atoms with E-state index in [0.29, 0.717) is 30.0 Å². The summed E-state index contributed by atoms with van der Waals surface area (Å²) in [5, 5.41) is 9.18. The van der Waals surface area contributed by atoms with Crippen LogP contribution >= 0.6 is 0 Å². The molecule has 0 aliphatic rings. The SMILES string of the molecule is Cc1ccc(C(=O)c2cccn2C/C=C/c2cccc(Cc3ocnc3C(=O)O)c2)cc1. The summed E-state index contributed by atoms with van der Waals surface area (Å²) in [5.41, 5.74) is 4.24.